The molecule has 1 heterocycles. The van der Waals surface area contributed by atoms with Crippen molar-refractivity contribution in [2.45, 2.75) is 13.8 Å². The van der Waals surface area contributed by atoms with Crippen molar-refractivity contribution < 1.29 is 9.21 Å². The average Bonchev–Trinajstić information content (AvgIpc) is 3.01. The van der Waals surface area contributed by atoms with E-state index in [0.717, 1.165) is 22.4 Å². The molecule has 110 valence electrons. The van der Waals surface area contributed by atoms with Crippen molar-refractivity contribution in [2.75, 3.05) is 5.32 Å². The van der Waals surface area contributed by atoms with Gasteiger partial charge >= 0.3 is 0 Å². The smallest absolute Gasteiger partial charge is 0.292 e. The maximum atomic E-state index is 12.5. The van der Waals surface area contributed by atoms with Crippen LogP contribution in [0.25, 0.3) is 11.1 Å². The molecule has 0 aliphatic rings. The molecule has 0 aliphatic carbocycles. The number of benzene rings is 2. The molecule has 0 bridgehead atoms. The van der Waals surface area contributed by atoms with E-state index in [4.69, 9.17) is 4.42 Å². The Hall–Kier alpha value is -2.81. The third-order valence-corrected chi connectivity index (χ3v) is 3.72. The number of rotatable bonds is 3. The van der Waals surface area contributed by atoms with Gasteiger partial charge in [-0.05, 0) is 48.7 Å². The van der Waals surface area contributed by atoms with Gasteiger partial charge in [0, 0.05) is 11.3 Å². The van der Waals surface area contributed by atoms with E-state index in [2.05, 4.69) is 5.32 Å². The van der Waals surface area contributed by atoms with Crippen LogP contribution in [0.3, 0.4) is 0 Å². The Labute approximate surface area is 129 Å². The number of hydrogen-bond donors (Lipinski definition) is 1. The van der Waals surface area contributed by atoms with Crippen LogP contribution >= 0.6 is 0 Å². The number of carbonyl (C=O) groups is 1. The SMILES string of the molecule is Cc1ccc(NC(=O)c2occc2-c2ccccc2)cc1C. The molecule has 0 spiro atoms. The molecule has 0 radical (unpaired) electrons. The monoisotopic (exact) mass is 291 g/mol. The second-order valence-corrected chi connectivity index (χ2v) is 5.28. The van der Waals surface area contributed by atoms with E-state index in [1.54, 1.807) is 0 Å². The number of amides is 1. The maximum Gasteiger partial charge on any atom is 0.292 e. The zero-order valence-corrected chi connectivity index (χ0v) is 12.6. The summed E-state index contributed by atoms with van der Waals surface area (Å²) in [7, 11) is 0. The van der Waals surface area contributed by atoms with Crippen LogP contribution in [-0.4, -0.2) is 5.91 Å². The van der Waals surface area contributed by atoms with Crippen molar-refractivity contribution >= 4 is 11.6 Å². The summed E-state index contributed by atoms with van der Waals surface area (Å²) in [5.41, 5.74) is 4.86. The topological polar surface area (TPSA) is 42.2 Å². The predicted molar refractivity (Wildman–Crippen MR) is 88.0 cm³/mol. The molecular weight excluding hydrogens is 274 g/mol. The lowest BCUT2D eigenvalue weighted by Gasteiger charge is -2.07. The molecule has 0 atom stereocenters. The number of anilines is 1. The van der Waals surface area contributed by atoms with Crippen molar-refractivity contribution in [3.05, 3.63) is 77.7 Å². The summed E-state index contributed by atoms with van der Waals surface area (Å²) in [6.07, 6.45) is 1.54. The molecule has 0 saturated heterocycles. The van der Waals surface area contributed by atoms with Gasteiger partial charge in [-0.3, -0.25) is 4.79 Å². The summed E-state index contributed by atoms with van der Waals surface area (Å²) in [6.45, 7) is 4.06. The van der Waals surface area contributed by atoms with E-state index < -0.39 is 0 Å². The predicted octanol–water partition coefficient (Wildman–Crippen LogP) is 4.82. The number of furan rings is 1. The van der Waals surface area contributed by atoms with Gasteiger partial charge < -0.3 is 9.73 Å². The van der Waals surface area contributed by atoms with E-state index in [1.165, 1.54) is 11.8 Å². The summed E-state index contributed by atoms with van der Waals surface area (Å²) in [4.78, 5) is 12.5. The van der Waals surface area contributed by atoms with Crippen LogP contribution in [0.5, 0.6) is 0 Å². The summed E-state index contributed by atoms with van der Waals surface area (Å²) in [5, 5.41) is 2.89. The summed E-state index contributed by atoms with van der Waals surface area (Å²) in [5.74, 6) is 0.0801. The second kappa shape index (κ2) is 5.90. The van der Waals surface area contributed by atoms with Crippen molar-refractivity contribution in [3.63, 3.8) is 0 Å². The molecule has 0 saturated carbocycles. The number of carbonyl (C=O) groups excluding carboxylic acids is 1. The first-order valence-electron chi connectivity index (χ1n) is 7.16. The van der Waals surface area contributed by atoms with Crippen LogP contribution in [-0.2, 0) is 0 Å². The lowest BCUT2D eigenvalue weighted by molar-refractivity contribution is 0.0997. The fourth-order valence-electron chi connectivity index (χ4n) is 2.34. The van der Waals surface area contributed by atoms with Gasteiger partial charge in [0.05, 0.1) is 6.26 Å². The second-order valence-electron chi connectivity index (χ2n) is 5.28. The van der Waals surface area contributed by atoms with Crippen LogP contribution in [0.4, 0.5) is 5.69 Å². The molecule has 3 rings (SSSR count). The highest BCUT2D eigenvalue weighted by molar-refractivity contribution is 6.06. The van der Waals surface area contributed by atoms with Crippen molar-refractivity contribution in [2.24, 2.45) is 0 Å². The third-order valence-electron chi connectivity index (χ3n) is 3.72. The Kier molecular flexibility index (Phi) is 3.79. The van der Waals surface area contributed by atoms with Crippen LogP contribution < -0.4 is 5.32 Å². The molecule has 1 amide bonds. The van der Waals surface area contributed by atoms with E-state index in [1.807, 2.05) is 68.4 Å². The first-order chi connectivity index (χ1) is 10.6. The Balaban J connectivity index is 1.87. The van der Waals surface area contributed by atoms with Gasteiger partial charge in [0.1, 0.15) is 0 Å². The van der Waals surface area contributed by atoms with Gasteiger partial charge in [0.15, 0.2) is 5.76 Å². The molecule has 0 fully saturated rings. The van der Waals surface area contributed by atoms with E-state index in [0.29, 0.717) is 5.76 Å². The maximum absolute atomic E-state index is 12.5. The lowest BCUT2D eigenvalue weighted by atomic mass is 10.1. The highest BCUT2D eigenvalue weighted by Gasteiger charge is 2.16. The normalized spacial score (nSPS) is 10.5. The molecule has 3 nitrogen and oxygen atoms in total. The summed E-state index contributed by atoms with van der Waals surface area (Å²) < 4.78 is 5.39. The molecule has 0 aliphatic heterocycles. The first-order valence-corrected chi connectivity index (χ1v) is 7.16. The summed E-state index contributed by atoms with van der Waals surface area (Å²) >= 11 is 0. The molecule has 0 unspecified atom stereocenters. The Bertz CT molecular complexity index is 803. The van der Waals surface area contributed by atoms with Crippen LogP contribution in [0.1, 0.15) is 21.7 Å². The van der Waals surface area contributed by atoms with Crippen molar-refractivity contribution in [1.29, 1.82) is 0 Å². The van der Waals surface area contributed by atoms with Gasteiger partial charge in [-0.15, -0.1) is 0 Å². The van der Waals surface area contributed by atoms with E-state index in [-0.39, 0.29) is 5.91 Å². The molecule has 3 aromatic rings. The van der Waals surface area contributed by atoms with Crippen LogP contribution in [0, 0.1) is 13.8 Å². The summed E-state index contributed by atoms with van der Waals surface area (Å²) in [6, 6.07) is 17.4. The Morgan fingerprint density at radius 3 is 2.45 bits per heavy atom. The Morgan fingerprint density at radius 2 is 1.73 bits per heavy atom. The number of aryl methyl sites for hydroxylation is 2. The highest BCUT2D eigenvalue weighted by atomic mass is 16.3. The lowest BCUT2D eigenvalue weighted by Crippen LogP contribution is -2.12. The average molecular weight is 291 g/mol. The standard InChI is InChI=1S/C19H17NO2/c1-13-8-9-16(12-14(13)2)20-19(21)18-17(10-11-22-18)15-6-4-3-5-7-15/h3-12H,1-2H3,(H,20,21). The number of hydrogen-bond acceptors (Lipinski definition) is 2. The van der Waals surface area contributed by atoms with Gasteiger partial charge in [-0.25, -0.2) is 0 Å². The molecule has 2 aromatic carbocycles. The molecule has 1 aromatic heterocycles. The molecular formula is C19H17NO2. The quantitative estimate of drug-likeness (QED) is 0.752. The first kappa shape index (κ1) is 14.1. The van der Waals surface area contributed by atoms with E-state index in [9.17, 15) is 4.79 Å². The fraction of sp³-hybridized carbons (Fsp3) is 0.105. The minimum Gasteiger partial charge on any atom is -0.459 e. The third kappa shape index (κ3) is 2.79. The number of nitrogens with one attached hydrogen (secondary N) is 1. The van der Waals surface area contributed by atoms with Crippen LogP contribution in [0.15, 0.2) is 65.3 Å². The highest BCUT2D eigenvalue weighted by Crippen LogP contribution is 2.25. The van der Waals surface area contributed by atoms with E-state index >= 15 is 0 Å². The molecule has 3 heteroatoms. The zero-order valence-electron chi connectivity index (χ0n) is 12.6. The Morgan fingerprint density at radius 1 is 0.955 bits per heavy atom. The van der Waals surface area contributed by atoms with Gasteiger partial charge in [0.25, 0.3) is 5.91 Å². The fourth-order valence-corrected chi connectivity index (χ4v) is 2.34. The molecule has 1 N–H and O–H groups in total. The van der Waals surface area contributed by atoms with Gasteiger partial charge in [-0.1, -0.05) is 36.4 Å². The minimum absolute atomic E-state index is 0.243. The van der Waals surface area contributed by atoms with Crippen LogP contribution in [0.2, 0.25) is 0 Å². The largest absolute Gasteiger partial charge is 0.459 e. The van der Waals surface area contributed by atoms with Gasteiger partial charge in [0.2, 0.25) is 0 Å². The van der Waals surface area contributed by atoms with Crippen molar-refractivity contribution in [1.82, 2.24) is 0 Å². The van der Waals surface area contributed by atoms with Gasteiger partial charge in [-0.2, -0.15) is 0 Å². The zero-order chi connectivity index (χ0) is 15.5. The minimum atomic E-state index is -0.243. The molecule has 22 heavy (non-hydrogen) atoms. The van der Waals surface area contributed by atoms with Crippen molar-refractivity contribution in [3.8, 4) is 11.1 Å².